The topological polar surface area (TPSA) is 64.6 Å². The first-order valence-corrected chi connectivity index (χ1v) is 8.16. The van der Waals surface area contributed by atoms with Crippen molar-refractivity contribution in [1.82, 2.24) is 5.32 Å². The number of thioether (sulfide) groups is 1. The summed E-state index contributed by atoms with van der Waals surface area (Å²) in [4.78, 5) is 23.7. The molecule has 122 valence electrons. The molecule has 0 aliphatic carbocycles. The van der Waals surface area contributed by atoms with Crippen molar-refractivity contribution in [2.45, 2.75) is 25.5 Å². The van der Waals surface area contributed by atoms with Crippen LogP contribution in [0, 0.1) is 5.82 Å². The Balaban J connectivity index is 2.59. The molecule has 7 heteroatoms. The first kappa shape index (κ1) is 18.3. The van der Waals surface area contributed by atoms with Crippen LogP contribution in [-0.2, 0) is 14.3 Å². The molecule has 0 spiro atoms. The Labute approximate surface area is 133 Å². The lowest BCUT2D eigenvalue weighted by Gasteiger charge is -2.19. The average Bonchev–Trinajstić information content (AvgIpc) is 2.52. The standard InChI is InChI=1S/C15H20FNO4S/c1-10(21-12-6-4-11(16)5-7-12)14(18)17-13(8-9-22-3)15(19)20-2/h4-7,10,13H,8-9H2,1-3H3,(H,17,18)/t10-,13?/m1/s1. The highest BCUT2D eigenvalue weighted by Gasteiger charge is 2.24. The largest absolute Gasteiger partial charge is 0.481 e. The zero-order valence-electron chi connectivity index (χ0n) is 12.8. The van der Waals surface area contributed by atoms with Crippen LogP contribution in [0.3, 0.4) is 0 Å². The number of carbonyl (C=O) groups is 2. The molecule has 0 fully saturated rings. The summed E-state index contributed by atoms with van der Waals surface area (Å²) in [6.07, 6.45) is 1.58. The Morgan fingerprint density at radius 3 is 2.50 bits per heavy atom. The molecule has 0 aromatic heterocycles. The van der Waals surface area contributed by atoms with Gasteiger partial charge in [0.1, 0.15) is 17.6 Å². The van der Waals surface area contributed by atoms with Gasteiger partial charge in [-0.2, -0.15) is 11.8 Å². The number of carbonyl (C=O) groups excluding carboxylic acids is 2. The summed E-state index contributed by atoms with van der Waals surface area (Å²) in [5.41, 5.74) is 0. The smallest absolute Gasteiger partial charge is 0.328 e. The molecule has 0 saturated heterocycles. The highest BCUT2D eigenvalue weighted by atomic mass is 32.2. The summed E-state index contributed by atoms with van der Waals surface area (Å²) in [7, 11) is 1.28. The van der Waals surface area contributed by atoms with E-state index in [0.29, 0.717) is 17.9 Å². The van der Waals surface area contributed by atoms with Gasteiger partial charge in [0.05, 0.1) is 7.11 Å². The van der Waals surface area contributed by atoms with Crippen molar-refractivity contribution >= 4 is 23.6 Å². The fourth-order valence-corrected chi connectivity index (χ4v) is 2.16. The van der Waals surface area contributed by atoms with Crippen LogP contribution in [-0.4, -0.2) is 43.1 Å². The fourth-order valence-electron chi connectivity index (χ4n) is 1.69. The second-order valence-electron chi connectivity index (χ2n) is 4.58. The van der Waals surface area contributed by atoms with Gasteiger partial charge in [-0.05, 0) is 49.6 Å². The number of hydrogen-bond donors (Lipinski definition) is 1. The quantitative estimate of drug-likeness (QED) is 0.739. The first-order valence-electron chi connectivity index (χ1n) is 6.77. The van der Waals surface area contributed by atoms with Crippen LogP contribution >= 0.6 is 11.8 Å². The van der Waals surface area contributed by atoms with Gasteiger partial charge in [-0.25, -0.2) is 9.18 Å². The molecule has 0 heterocycles. The molecule has 22 heavy (non-hydrogen) atoms. The summed E-state index contributed by atoms with van der Waals surface area (Å²) in [5, 5.41) is 2.61. The molecule has 5 nitrogen and oxygen atoms in total. The summed E-state index contributed by atoms with van der Waals surface area (Å²) < 4.78 is 22.9. The minimum absolute atomic E-state index is 0.378. The van der Waals surface area contributed by atoms with Crippen LogP contribution in [0.5, 0.6) is 5.75 Å². The van der Waals surface area contributed by atoms with E-state index in [4.69, 9.17) is 4.74 Å². The number of nitrogens with one attached hydrogen (secondary N) is 1. The van der Waals surface area contributed by atoms with E-state index in [9.17, 15) is 14.0 Å². The number of methoxy groups -OCH3 is 1. The lowest BCUT2D eigenvalue weighted by molar-refractivity contribution is -0.146. The maximum absolute atomic E-state index is 12.8. The normalized spacial score (nSPS) is 13.1. The van der Waals surface area contributed by atoms with E-state index in [1.807, 2.05) is 6.26 Å². The third-order valence-corrected chi connectivity index (χ3v) is 3.55. The van der Waals surface area contributed by atoms with Crippen molar-refractivity contribution < 1.29 is 23.5 Å². The van der Waals surface area contributed by atoms with Crippen LogP contribution in [0.1, 0.15) is 13.3 Å². The summed E-state index contributed by atoms with van der Waals surface area (Å²) in [5.74, 6) is -0.208. The molecule has 1 unspecified atom stereocenters. The molecular weight excluding hydrogens is 309 g/mol. The highest BCUT2D eigenvalue weighted by molar-refractivity contribution is 7.98. The average molecular weight is 329 g/mol. The van der Waals surface area contributed by atoms with E-state index in [1.165, 1.54) is 31.4 Å². The number of halogens is 1. The maximum Gasteiger partial charge on any atom is 0.328 e. The number of amides is 1. The molecular formula is C15H20FNO4S. The molecule has 1 aromatic carbocycles. The van der Waals surface area contributed by atoms with E-state index in [2.05, 4.69) is 10.1 Å². The second-order valence-corrected chi connectivity index (χ2v) is 5.57. The van der Waals surface area contributed by atoms with Crippen molar-refractivity contribution in [1.29, 1.82) is 0 Å². The lowest BCUT2D eigenvalue weighted by Crippen LogP contribution is -2.47. The Kier molecular flexibility index (Phi) is 7.73. The van der Waals surface area contributed by atoms with Crippen molar-refractivity contribution in [2.24, 2.45) is 0 Å². The molecule has 0 aliphatic rings. The van der Waals surface area contributed by atoms with Crippen LogP contribution in [0.2, 0.25) is 0 Å². The molecule has 1 aromatic rings. The minimum atomic E-state index is -0.813. The van der Waals surface area contributed by atoms with Gasteiger partial charge in [-0.1, -0.05) is 0 Å². The molecule has 2 atom stereocenters. The predicted octanol–water partition coefficient (Wildman–Crippen LogP) is 2.00. The Bertz CT molecular complexity index is 495. The van der Waals surface area contributed by atoms with Crippen LogP contribution in [0.25, 0.3) is 0 Å². The second kappa shape index (κ2) is 9.30. The minimum Gasteiger partial charge on any atom is -0.481 e. The summed E-state index contributed by atoms with van der Waals surface area (Å²) >= 11 is 1.57. The molecule has 0 bridgehead atoms. The first-order chi connectivity index (χ1) is 10.5. The van der Waals surface area contributed by atoms with Gasteiger partial charge in [0, 0.05) is 0 Å². The number of esters is 1. The Morgan fingerprint density at radius 2 is 1.95 bits per heavy atom. The highest BCUT2D eigenvalue weighted by Crippen LogP contribution is 2.13. The molecule has 1 amide bonds. The van der Waals surface area contributed by atoms with Crippen molar-refractivity contribution in [3.05, 3.63) is 30.1 Å². The maximum atomic E-state index is 12.8. The van der Waals surface area contributed by atoms with E-state index < -0.39 is 24.0 Å². The molecule has 0 saturated carbocycles. The third kappa shape index (κ3) is 5.93. The third-order valence-electron chi connectivity index (χ3n) is 2.91. The van der Waals surface area contributed by atoms with Crippen LogP contribution in [0.15, 0.2) is 24.3 Å². The number of rotatable bonds is 8. The van der Waals surface area contributed by atoms with Crippen molar-refractivity contribution in [2.75, 3.05) is 19.1 Å². The van der Waals surface area contributed by atoms with Gasteiger partial charge >= 0.3 is 5.97 Å². The van der Waals surface area contributed by atoms with Crippen LogP contribution in [0.4, 0.5) is 4.39 Å². The zero-order chi connectivity index (χ0) is 16.5. The van der Waals surface area contributed by atoms with Gasteiger partial charge in [-0.3, -0.25) is 4.79 Å². The van der Waals surface area contributed by atoms with Gasteiger partial charge in [-0.15, -0.1) is 0 Å². The predicted molar refractivity (Wildman–Crippen MR) is 83.4 cm³/mol. The number of hydrogen-bond acceptors (Lipinski definition) is 5. The van der Waals surface area contributed by atoms with E-state index in [-0.39, 0.29) is 5.82 Å². The van der Waals surface area contributed by atoms with Crippen molar-refractivity contribution in [3.63, 3.8) is 0 Å². The van der Waals surface area contributed by atoms with Crippen LogP contribution < -0.4 is 10.1 Å². The van der Waals surface area contributed by atoms with E-state index >= 15 is 0 Å². The SMILES string of the molecule is COC(=O)C(CCSC)NC(=O)[C@@H](C)Oc1ccc(F)cc1. The van der Waals surface area contributed by atoms with Crippen molar-refractivity contribution in [3.8, 4) is 5.75 Å². The Morgan fingerprint density at radius 1 is 1.32 bits per heavy atom. The number of ether oxygens (including phenoxy) is 2. The summed E-state index contributed by atoms with van der Waals surface area (Å²) in [6, 6.07) is 4.66. The van der Waals surface area contributed by atoms with E-state index in [0.717, 1.165) is 0 Å². The lowest BCUT2D eigenvalue weighted by atomic mass is 10.2. The monoisotopic (exact) mass is 329 g/mol. The van der Waals surface area contributed by atoms with Gasteiger partial charge in [0.25, 0.3) is 5.91 Å². The van der Waals surface area contributed by atoms with Gasteiger partial charge < -0.3 is 14.8 Å². The molecule has 1 rings (SSSR count). The molecule has 1 N–H and O–H groups in total. The Hall–Kier alpha value is -1.76. The summed E-state index contributed by atoms with van der Waals surface area (Å²) in [6.45, 7) is 1.56. The molecule has 0 aliphatic heterocycles. The fraction of sp³-hybridized carbons (Fsp3) is 0.467. The van der Waals surface area contributed by atoms with Gasteiger partial charge in [0.2, 0.25) is 0 Å². The number of benzene rings is 1. The molecule has 0 radical (unpaired) electrons. The van der Waals surface area contributed by atoms with Gasteiger partial charge in [0.15, 0.2) is 6.10 Å². The van der Waals surface area contributed by atoms with E-state index in [1.54, 1.807) is 18.7 Å². The zero-order valence-corrected chi connectivity index (χ0v) is 13.6.